The maximum Gasteiger partial charge on any atom is 0.338 e. The molecule has 6 heteroatoms. The fourth-order valence-electron chi connectivity index (χ4n) is 2.76. The summed E-state index contributed by atoms with van der Waals surface area (Å²) in [6.07, 6.45) is 0. The Morgan fingerprint density at radius 3 is 2.52 bits per heavy atom. The van der Waals surface area contributed by atoms with Crippen LogP contribution in [0.15, 0.2) is 47.1 Å². The van der Waals surface area contributed by atoms with Crippen molar-refractivity contribution in [2.24, 2.45) is 5.73 Å². The maximum atomic E-state index is 12.5. The van der Waals surface area contributed by atoms with E-state index in [1.165, 1.54) is 0 Å². The van der Waals surface area contributed by atoms with Crippen LogP contribution < -0.4 is 5.73 Å². The fourth-order valence-corrected chi connectivity index (χ4v) is 2.95. The lowest BCUT2D eigenvalue weighted by Gasteiger charge is -2.27. The topological polar surface area (TPSA) is 85.3 Å². The zero-order valence-electron chi connectivity index (χ0n) is 14.5. The summed E-state index contributed by atoms with van der Waals surface area (Å²) >= 11 is 5.94. The van der Waals surface area contributed by atoms with Gasteiger partial charge in [0, 0.05) is 0 Å². The second kappa shape index (κ2) is 8.09. The molecule has 0 spiro atoms. The molecule has 25 heavy (non-hydrogen) atoms. The minimum absolute atomic E-state index is 0.0378. The van der Waals surface area contributed by atoms with Crippen LogP contribution in [-0.2, 0) is 14.3 Å². The van der Waals surface area contributed by atoms with Gasteiger partial charge in [0.2, 0.25) is 5.88 Å². The summed E-state index contributed by atoms with van der Waals surface area (Å²) < 4.78 is 10.6. The van der Waals surface area contributed by atoms with Crippen LogP contribution in [0.5, 0.6) is 0 Å². The maximum absolute atomic E-state index is 12.5. The van der Waals surface area contributed by atoms with Crippen molar-refractivity contribution in [1.29, 1.82) is 5.26 Å². The molecule has 0 amide bonds. The number of nitrogens with two attached hydrogens (primary N) is 1. The molecule has 1 heterocycles. The third-order valence-electron chi connectivity index (χ3n) is 4.05. The first-order chi connectivity index (χ1) is 11.9. The Bertz CT molecular complexity index is 758. The molecule has 5 nitrogen and oxygen atoms in total. The molecule has 0 aromatic heterocycles. The summed E-state index contributed by atoms with van der Waals surface area (Å²) in [7, 11) is 0. The summed E-state index contributed by atoms with van der Waals surface area (Å²) in [6.45, 7) is 6.11. The van der Waals surface area contributed by atoms with Crippen molar-refractivity contribution in [3.8, 4) is 6.07 Å². The summed E-state index contributed by atoms with van der Waals surface area (Å²) in [4.78, 5) is 12.5. The van der Waals surface area contributed by atoms with Crippen LogP contribution >= 0.6 is 11.6 Å². The average Bonchev–Trinajstić information content (AvgIpc) is 2.60. The van der Waals surface area contributed by atoms with E-state index >= 15 is 0 Å². The highest BCUT2D eigenvalue weighted by atomic mass is 35.5. The predicted molar refractivity (Wildman–Crippen MR) is 95.6 cm³/mol. The summed E-state index contributed by atoms with van der Waals surface area (Å²) in [5.41, 5.74) is 8.20. The molecule has 132 valence electrons. The lowest BCUT2D eigenvalue weighted by Crippen LogP contribution is -2.26. The number of benzene rings is 1. The van der Waals surface area contributed by atoms with Gasteiger partial charge in [-0.1, -0.05) is 38.1 Å². The number of hydrogen-bond acceptors (Lipinski definition) is 5. The fraction of sp³-hybridized carbons (Fsp3) is 0.368. The minimum atomic E-state index is -0.659. The number of hydrogen-bond donors (Lipinski definition) is 1. The van der Waals surface area contributed by atoms with Crippen molar-refractivity contribution in [2.75, 3.05) is 12.5 Å². The van der Waals surface area contributed by atoms with Crippen LogP contribution in [-0.4, -0.2) is 18.5 Å². The number of nitriles is 1. The van der Waals surface area contributed by atoms with Gasteiger partial charge in [0.1, 0.15) is 17.4 Å². The molecule has 1 aromatic rings. The molecule has 0 radical (unpaired) electrons. The van der Waals surface area contributed by atoms with Gasteiger partial charge < -0.3 is 15.2 Å². The van der Waals surface area contributed by atoms with E-state index in [0.29, 0.717) is 5.92 Å². The summed E-state index contributed by atoms with van der Waals surface area (Å²) in [6, 6.07) is 9.79. The second-order valence-electron chi connectivity index (χ2n) is 5.94. The number of carbonyl (C=O) groups is 1. The van der Waals surface area contributed by atoms with Crippen molar-refractivity contribution < 1.29 is 14.3 Å². The van der Waals surface area contributed by atoms with Gasteiger partial charge in [-0.2, -0.15) is 5.26 Å². The zero-order chi connectivity index (χ0) is 18.6. The second-order valence-corrected chi connectivity index (χ2v) is 6.20. The van der Waals surface area contributed by atoms with E-state index in [9.17, 15) is 10.1 Å². The molecule has 0 fully saturated rings. The first kappa shape index (κ1) is 18.9. The average molecular weight is 361 g/mol. The number of allylic oxidation sites excluding steroid dienone is 2. The van der Waals surface area contributed by atoms with Crippen molar-refractivity contribution in [2.45, 2.75) is 32.6 Å². The number of esters is 1. The smallest absolute Gasteiger partial charge is 0.338 e. The highest BCUT2D eigenvalue weighted by molar-refractivity contribution is 6.19. The molecular weight excluding hydrogens is 340 g/mol. The SMILES string of the molecule is CCOC(=O)C1=C(CCl)OC(N)=C(C#N)C1c1ccc(C(C)C)cc1. The Hall–Kier alpha value is -2.45. The minimum Gasteiger partial charge on any atom is -0.463 e. The third-order valence-corrected chi connectivity index (χ3v) is 4.29. The molecule has 1 unspecified atom stereocenters. The van der Waals surface area contributed by atoms with Crippen LogP contribution in [0.2, 0.25) is 0 Å². The Kier molecular flexibility index (Phi) is 6.11. The van der Waals surface area contributed by atoms with Crippen LogP contribution in [0.1, 0.15) is 43.7 Å². The largest absolute Gasteiger partial charge is 0.463 e. The van der Waals surface area contributed by atoms with Crippen molar-refractivity contribution >= 4 is 17.6 Å². The third kappa shape index (κ3) is 3.80. The number of halogens is 1. The van der Waals surface area contributed by atoms with Gasteiger partial charge in [-0.3, -0.25) is 0 Å². The van der Waals surface area contributed by atoms with Gasteiger partial charge in [0.15, 0.2) is 0 Å². The summed E-state index contributed by atoms with van der Waals surface area (Å²) in [5.74, 6) is -0.713. The molecule has 1 aliphatic heterocycles. The van der Waals surface area contributed by atoms with Crippen molar-refractivity contribution in [3.63, 3.8) is 0 Å². The standard InChI is InChI=1S/C19H21ClN2O3/c1-4-24-19(23)17-15(9-20)25-18(22)14(10-21)16(17)13-7-5-12(6-8-13)11(2)3/h5-8,11,16H,4,9,22H2,1-3H3. The quantitative estimate of drug-likeness (QED) is 0.639. The van der Waals surface area contributed by atoms with E-state index in [1.807, 2.05) is 24.3 Å². The van der Waals surface area contributed by atoms with E-state index in [-0.39, 0.29) is 35.3 Å². The van der Waals surface area contributed by atoms with Crippen LogP contribution in [0.3, 0.4) is 0 Å². The van der Waals surface area contributed by atoms with Crippen LogP contribution in [0.25, 0.3) is 0 Å². The first-order valence-corrected chi connectivity index (χ1v) is 8.61. The van der Waals surface area contributed by atoms with Gasteiger partial charge in [0.25, 0.3) is 0 Å². The first-order valence-electron chi connectivity index (χ1n) is 8.08. The van der Waals surface area contributed by atoms with E-state index in [1.54, 1.807) is 6.92 Å². The van der Waals surface area contributed by atoms with E-state index in [0.717, 1.165) is 11.1 Å². The molecule has 2 rings (SSSR count). The van der Waals surface area contributed by atoms with E-state index in [2.05, 4.69) is 19.9 Å². The predicted octanol–water partition coefficient (Wildman–Crippen LogP) is 3.67. The molecule has 1 aliphatic rings. The van der Waals surface area contributed by atoms with Crippen LogP contribution in [0.4, 0.5) is 0 Å². The Labute approximate surface area is 152 Å². The Balaban J connectivity index is 2.60. The van der Waals surface area contributed by atoms with Gasteiger partial charge >= 0.3 is 5.97 Å². The van der Waals surface area contributed by atoms with Gasteiger partial charge in [0.05, 0.1) is 24.0 Å². The number of nitrogens with zero attached hydrogens (tertiary/aromatic N) is 1. The number of alkyl halides is 1. The van der Waals surface area contributed by atoms with Gasteiger partial charge in [-0.25, -0.2) is 4.79 Å². The molecule has 2 N–H and O–H groups in total. The normalized spacial score (nSPS) is 17.4. The lowest BCUT2D eigenvalue weighted by atomic mass is 9.82. The molecule has 0 aliphatic carbocycles. The molecular formula is C19H21ClN2O3. The van der Waals surface area contributed by atoms with Gasteiger partial charge in [-0.15, -0.1) is 11.6 Å². The van der Waals surface area contributed by atoms with Crippen LogP contribution in [0, 0.1) is 11.3 Å². The Morgan fingerprint density at radius 1 is 1.40 bits per heavy atom. The highest BCUT2D eigenvalue weighted by Gasteiger charge is 2.37. The monoisotopic (exact) mass is 360 g/mol. The highest BCUT2D eigenvalue weighted by Crippen LogP contribution is 2.40. The van der Waals surface area contributed by atoms with E-state index in [4.69, 9.17) is 26.8 Å². The number of ether oxygens (including phenoxy) is 2. The van der Waals surface area contributed by atoms with Crippen molar-refractivity contribution in [1.82, 2.24) is 0 Å². The number of carbonyl (C=O) groups excluding carboxylic acids is 1. The van der Waals surface area contributed by atoms with E-state index < -0.39 is 11.9 Å². The zero-order valence-corrected chi connectivity index (χ0v) is 15.3. The molecule has 0 bridgehead atoms. The van der Waals surface area contributed by atoms with Crippen molar-refractivity contribution in [3.05, 3.63) is 58.2 Å². The Morgan fingerprint density at radius 2 is 2.04 bits per heavy atom. The van der Waals surface area contributed by atoms with Gasteiger partial charge in [-0.05, 0) is 24.0 Å². The lowest BCUT2D eigenvalue weighted by molar-refractivity contribution is -0.139. The molecule has 0 saturated carbocycles. The number of rotatable bonds is 5. The summed E-state index contributed by atoms with van der Waals surface area (Å²) in [5, 5.41) is 9.55. The molecule has 0 saturated heterocycles. The molecule has 1 aromatic carbocycles. The molecule has 1 atom stereocenters.